The first kappa shape index (κ1) is 32.0. The first-order valence-electron chi connectivity index (χ1n) is 15.3. The fourth-order valence-electron chi connectivity index (χ4n) is 7.28. The Morgan fingerprint density at radius 1 is 1.19 bits per heavy atom. The highest BCUT2D eigenvalue weighted by Gasteiger charge is 2.78. The first-order chi connectivity index (χ1) is 20.5. The molecule has 3 heterocycles. The van der Waals surface area contributed by atoms with E-state index in [1.54, 1.807) is 19.1 Å². The molecule has 236 valence electrons. The van der Waals surface area contributed by atoms with Gasteiger partial charge in [0.05, 0.1) is 30.1 Å². The molecule has 4 aliphatic rings. The summed E-state index contributed by atoms with van der Waals surface area (Å²) < 4.78 is 37.4. The SMILES string of the molecule is CCOC(=O)[C@@H]1[C@H]2C(=O)O[C@H](O[C@@H]3C[C@H](C)CC[C@H]3C(C)C)[C@@]2([S@@](=O)c2ccccc2)[C@H]2SC(CCOC(C)=O)=C(C)N12. The summed E-state index contributed by atoms with van der Waals surface area (Å²) in [6.07, 6.45) is 2.00. The third kappa shape index (κ3) is 5.65. The van der Waals surface area contributed by atoms with Gasteiger partial charge in [-0.25, -0.2) is 4.79 Å². The van der Waals surface area contributed by atoms with E-state index in [2.05, 4.69) is 20.8 Å². The van der Waals surface area contributed by atoms with Crippen molar-refractivity contribution in [1.82, 2.24) is 4.90 Å². The van der Waals surface area contributed by atoms with E-state index in [1.807, 2.05) is 30.0 Å². The normalized spacial score (nSPS) is 34.2. The van der Waals surface area contributed by atoms with Crippen molar-refractivity contribution in [3.05, 3.63) is 40.9 Å². The lowest BCUT2D eigenvalue weighted by atomic mass is 9.75. The number of rotatable bonds is 10. The maximum Gasteiger partial charge on any atom is 0.329 e. The number of allylic oxidation sites excluding steroid dienone is 1. The number of ether oxygens (including phenoxy) is 4. The van der Waals surface area contributed by atoms with E-state index in [9.17, 15) is 14.4 Å². The van der Waals surface area contributed by atoms with Gasteiger partial charge in [-0.15, -0.1) is 11.8 Å². The highest BCUT2D eigenvalue weighted by Crippen LogP contribution is 2.62. The van der Waals surface area contributed by atoms with Crippen LogP contribution in [0.1, 0.15) is 67.2 Å². The third-order valence-electron chi connectivity index (χ3n) is 9.33. The molecule has 1 aromatic carbocycles. The van der Waals surface area contributed by atoms with Gasteiger partial charge in [-0.05, 0) is 56.6 Å². The number of fused-ring (bicyclic) bond motifs is 3. The van der Waals surface area contributed by atoms with Crippen LogP contribution in [0.4, 0.5) is 0 Å². The van der Waals surface area contributed by atoms with E-state index in [0.29, 0.717) is 23.2 Å². The summed E-state index contributed by atoms with van der Waals surface area (Å²) in [5.74, 6) is -1.56. The number of benzene rings is 1. The third-order valence-corrected chi connectivity index (χ3v) is 13.1. The minimum Gasteiger partial charge on any atom is -0.466 e. The molecule has 1 saturated carbocycles. The van der Waals surface area contributed by atoms with E-state index in [-0.39, 0.29) is 31.2 Å². The molecular formula is C32H43NO8S2. The molecule has 43 heavy (non-hydrogen) atoms. The number of thioether (sulfide) groups is 1. The lowest BCUT2D eigenvalue weighted by Crippen LogP contribution is -2.56. The Balaban J connectivity index is 1.63. The Morgan fingerprint density at radius 2 is 1.91 bits per heavy atom. The van der Waals surface area contributed by atoms with Gasteiger partial charge in [-0.2, -0.15) is 0 Å². The standard InChI is InChI=1S/C32H43NO8S2/c1-7-38-29(36)27-26-28(35)41-31(40-24-17-19(4)13-14-23(24)18(2)3)32(26,43(37)22-11-9-8-10-12-22)30-33(27)20(5)25(42-30)15-16-39-21(6)34/h8-12,18-19,23-24,26-27,30-31H,7,13-17H2,1-6H3/t19-,23+,24-,26+,27+,30-,31+,32+,43+/m1/s1. The molecule has 2 saturated heterocycles. The topological polar surface area (TPSA) is 108 Å². The van der Waals surface area contributed by atoms with Gasteiger partial charge in [-0.1, -0.05) is 45.4 Å². The van der Waals surface area contributed by atoms with Crippen molar-refractivity contribution >= 4 is 40.5 Å². The molecule has 1 aromatic rings. The van der Waals surface area contributed by atoms with Crippen LogP contribution in [0.15, 0.2) is 45.8 Å². The predicted octanol–water partition coefficient (Wildman–Crippen LogP) is 5.01. The molecule has 5 rings (SSSR count). The molecule has 0 bridgehead atoms. The number of hydrogen-bond donors (Lipinski definition) is 0. The molecule has 9 nitrogen and oxygen atoms in total. The smallest absolute Gasteiger partial charge is 0.329 e. The molecular weight excluding hydrogens is 590 g/mol. The summed E-state index contributed by atoms with van der Waals surface area (Å²) in [5.41, 5.74) is 0.775. The zero-order valence-electron chi connectivity index (χ0n) is 25.8. The number of esters is 3. The minimum absolute atomic E-state index is 0.134. The molecule has 3 aliphatic heterocycles. The Morgan fingerprint density at radius 3 is 2.56 bits per heavy atom. The highest BCUT2D eigenvalue weighted by molar-refractivity contribution is 8.04. The number of hydrogen-bond acceptors (Lipinski definition) is 10. The largest absolute Gasteiger partial charge is 0.466 e. The van der Waals surface area contributed by atoms with Gasteiger partial charge >= 0.3 is 17.9 Å². The van der Waals surface area contributed by atoms with Gasteiger partial charge in [0.1, 0.15) is 17.3 Å². The van der Waals surface area contributed by atoms with E-state index >= 15 is 4.21 Å². The molecule has 0 amide bonds. The molecule has 0 N–H and O–H groups in total. The fourth-order valence-corrected chi connectivity index (χ4v) is 11.1. The van der Waals surface area contributed by atoms with Crippen molar-refractivity contribution in [2.24, 2.45) is 23.7 Å². The molecule has 0 unspecified atom stereocenters. The van der Waals surface area contributed by atoms with Crippen LogP contribution in [-0.2, 0) is 44.1 Å². The van der Waals surface area contributed by atoms with Crippen LogP contribution in [0, 0.1) is 23.7 Å². The summed E-state index contributed by atoms with van der Waals surface area (Å²) in [5, 5.41) is -0.616. The maximum absolute atomic E-state index is 15.0. The molecule has 0 spiro atoms. The van der Waals surface area contributed by atoms with Gasteiger partial charge in [-0.3, -0.25) is 13.8 Å². The van der Waals surface area contributed by atoms with Crippen LogP contribution in [0.25, 0.3) is 0 Å². The van der Waals surface area contributed by atoms with Crippen molar-refractivity contribution in [3.63, 3.8) is 0 Å². The average molecular weight is 634 g/mol. The highest BCUT2D eigenvalue weighted by atomic mass is 32.2. The van der Waals surface area contributed by atoms with E-state index < -0.39 is 51.1 Å². The Kier molecular flexibility index (Phi) is 9.63. The van der Waals surface area contributed by atoms with Crippen molar-refractivity contribution in [2.75, 3.05) is 13.2 Å². The number of nitrogens with zero attached hydrogens (tertiary/aromatic N) is 1. The van der Waals surface area contributed by atoms with E-state index in [1.165, 1.54) is 18.7 Å². The van der Waals surface area contributed by atoms with Crippen molar-refractivity contribution in [3.8, 4) is 0 Å². The van der Waals surface area contributed by atoms with Gasteiger partial charge in [0.2, 0.25) is 6.29 Å². The zero-order valence-corrected chi connectivity index (χ0v) is 27.4. The fraction of sp³-hybridized carbons (Fsp3) is 0.656. The number of carbonyl (C=O) groups is 3. The first-order valence-corrected chi connectivity index (χ1v) is 17.3. The zero-order chi connectivity index (χ0) is 31.1. The summed E-state index contributed by atoms with van der Waals surface area (Å²) in [6, 6.07) is 8.01. The molecule has 0 radical (unpaired) electrons. The monoisotopic (exact) mass is 633 g/mol. The quantitative estimate of drug-likeness (QED) is 0.258. The van der Waals surface area contributed by atoms with Crippen LogP contribution >= 0.6 is 11.8 Å². The number of cyclic esters (lactones) is 1. The van der Waals surface area contributed by atoms with Gasteiger partial charge in [0.25, 0.3) is 0 Å². The van der Waals surface area contributed by atoms with E-state index in [4.69, 9.17) is 18.9 Å². The number of carbonyl (C=O) groups excluding carboxylic acids is 3. The molecule has 11 heteroatoms. The predicted molar refractivity (Wildman–Crippen MR) is 163 cm³/mol. The van der Waals surface area contributed by atoms with Crippen LogP contribution in [0.3, 0.4) is 0 Å². The van der Waals surface area contributed by atoms with Crippen LogP contribution in [0.2, 0.25) is 0 Å². The van der Waals surface area contributed by atoms with Crippen LogP contribution < -0.4 is 0 Å². The Labute approximate surface area is 260 Å². The van der Waals surface area contributed by atoms with Crippen molar-refractivity contribution in [2.45, 2.75) is 101 Å². The summed E-state index contributed by atoms with van der Waals surface area (Å²) in [6.45, 7) is 11.9. The maximum atomic E-state index is 15.0. The van der Waals surface area contributed by atoms with Gasteiger partial charge in [0, 0.05) is 28.8 Å². The molecule has 0 aromatic heterocycles. The molecule has 1 aliphatic carbocycles. The second-order valence-electron chi connectivity index (χ2n) is 12.4. The average Bonchev–Trinajstić information content (AvgIpc) is 3.55. The van der Waals surface area contributed by atoms with Gasteiger partial charge in [0.15, 0.2) is 4.75 Å². The Bertz CT molecular complexity index is 1290. The second kappa shape index (κ2) is 12.9. The van der Waals surface area contributed by atoms with Crippen LogP contribution in [-0.4, -0.2) is 68.8 Å². The summed E-state index contributed by atoms with van der Waals surface area (Å²) in [4.78, 5) is 42.5. The molecule has 3 fully saturated rings. The minimum atomic E-state index is -1.82. The Hall–Kier alpha value is -2.37. The molecule has 9 atom stereocenters. The van der Waals surface area contributed by atoms with E-state index in [0.717, 1.165) is 29.9 Å². The lowest BCUT2D eigenvalue weighted by Gasteiger charge is -2.42. The van der Waals surface area contributed by atoms with Crippen molar-refractivity contribution < 1.29 is 37.5 Å². The summed E-state index contributed by atoms with van der Waals surface area (Å²) in [7, 11) is -1.82. The second-order valence-corrected chi connectivity index (χ2v) is 15.2. The van der Waals surface area contributed by atoms with Crippen molar-refractivity contribution in [1.29, 1.82) is 0 Å². The van der Waals surface area contributed by atoms with Crippen LogP contribution in [0.5, 0.6) is 0 Å². The lowest BCUT2D eigenvalue weighted by molar-refractivity contribution is -0.194. The van der Waals surface area contributed by atoms with Gasteiger partial charge < -0.3 is 23.8 Å². The summed E-state index contributed by atoms with van der Waals surface area (Å²) >= 11 is 1.46.